The van der Waals surface area contributed by atoms with Gasteiger partial charge in [-0.15, -0.1) is 0 Å². The number of carboxylic acids is 1. The molecule has 0 aliphatic carbocycles. The SMILES string of the molecule is C=CC(=O)O.COCC1CO1. The minimum atomic E-state index is -0.981. The molecule has 1 aliphatic heterocycles. The van der Waals surface area contributed by atoms with Crippen LogP contribution in [0.3, 0.4) is 0 Å². The zero-order valence-electron chi connectivity index (χ0n) is 6.45. The van der Waals surface area contributed by atoms with E-state index in [1.165, 1.54) is 0 Å². The second kappa shape index (κ2) is 5.88. The number of carbonyl (C=O) groups is 1. The summed E-state index contributed by atoms with van der Waals surface area (Å²) in [7, 11) is 1.68. The van der Waals surface area contributed by atoms with Crippen LogP contribution in [0.1, 0.15) is 0 Å². The zero-order chi connectivity index (χ0) is 8.69. The van der Waals surface area contributed by atoms with Crippen LogP contribution in [-0.4, -0.2) is 37.5 Å². The molecule has 64 valence electrons. The minimum absolute atomic E-state index is 0.426. The maximum atomic E-state index is 9.25. The van der Waals surface area contributed by atoms with Crippen LogP contribution < -0.4 is 0 Å². The molecule has 0 radical (unpaired) electrons. The Morgan fingerprint density at radius 3 is 2.55 bits per heavy atom. The largest absolute Gasteiger partial charge is 0.478 e. The van der Waals surface area contributed by atoms with E-state index in [-0.39, 0.29) is 0 Å². The summed E-state index contributed by atoms with van der Waals surface area (Å²) in [5, 5.41) is 7.60. The Balaban J connectivity index is 0.000000187. The van der Waals surface area contributed by atoms with Crippen molar-refractivity contribution < 1.29 is 19.4 Å². The third-order valence-corrected chi connectivity index (χ3v) is 0.930. The van der Waals surface area contributed by atoms with Gasteiger partial charge in [0.05, 0.1) is 13.2 Å². The number of carboxylic acid groups (broad SMARTS) is 1. The first-order valence-corrected chi connectivity index (χ1v) is 3.16. The first kappa shape index (κ1) is 10.1. The first-order chi connectivity index (χ1) is 5.20. The maximum Gasteiger partial charge on any atom is 0.327 e. The van der Waals surface area contributed by atoms with Gasteiger partial charge in [-0.2, -0.15) is 0 Å². The fraction of sp³-hybridized carbons (Fsp3) is 0.571. The predicted octanol–water partition coefficient (Wildman–Crippen LogP) is 0.289. The van der Waals surface area contributed by atoms with Crippen molar-refractivity contribution in [2.24, 2.45) is 0 Å². The van der Waals surface area contributed by atoms with Gasteiger partial charge in [-0.05, 0) is 0 Å². The molecule has 1 unspecified atom stereocenters. The Bertz CT molecular complexity index is 128. The molecule has 0 spiro atoms. The lowest BCUT2D eigenvalue weighted by Gasteiger charge is -1.84. The standard InChI is InChI=1S/C4H8O2.C3H4O2/c1-5-2-4-3-6-4;1-2-3(4)5/h4H,2-3H2,1H3;2H,1H2,(H,4,5). The maximum absolute atomic E-state index is 9.25. The van der Waals surface area contributed by atoms with E-state index < -0.39 is 5.97 Å². The molecule has 0 aromatic carbocycles. The average Bonchev–Trinajstić information content (AvgIpc) is 2.74. The van der Waals surface area contributed by atoms with Crippen molar-refractivity contribution in [3.63, 3.8) is 0 Å². The Morgan fingerprint density at radius 2 is 2.45 bits per heavy atom. The highest BCUT2D eigenvalue weighted by atomic mass is 16.6. The molecule has 1 N–H and O–H groups in total. The van der Waals surface area contributed by atoms with Crippen molar-refractivity contribution >= 4 is 5.97 Å². The Morgan fingerprint density at radius 1 is 2.00 bits per heavy atom. The Labute approximate surface area is 65.4 Å². The number of methoxy groups -OCH3 is 1. The van der Waals surface area contributed by atoms with Crippen LogP contribution in [0.15, 0.2) is 12.7 Å². The van der Waals surface area contributed by atoms with E-state index in [0.29, 0.717) is 6.10 Å². The van der Waals surface area contributed by atoms with Crippen molar-refractivity contribution in [1.29, 1.82) is 0 Å². The molecule has 1 heterocycles. The van der Waals surface area contributed by atoms with Crippen molar-refractivity contribution in [3.8, 4) is 0 Å². The molecule has 11 heavy (non-hydrogen) atoms. The van der Waals surface area contributed by atoms with Gasteiger partial charge >= 0.3 is 5.97 Å². The van der Waals surface area contributed by atoms with Crippen molar-refractivity contribution in [2.45, 2.75) is 6.10 Å². The van der Waals surface area contributed by atoms with Gasteiger partial charge in [0.25, 0.3) is 0 Å². The summed E-state index contributed by atoms with van der Waals surface area (Å²) in [6.07, 6.45) is 1.26. The van der Waals surface area contributed by atoms with Crippen molar-refractivity contribution in [3.05, 3.63) is 12.7 Å². The summed E-state index contributed by atoms with van der Waals surface area (Å²) < 4.78 is 9.56. The topological polar surface area (TPSA) is 59.1 Å². The zero-order valence-corrected chi connectivity index (χ0v) is 6.45. The molecule has 1 atom stereocenters. The summed E-state index contributed by atoms with van der Waals surface area (Å²) in [6.45, 7) is 4.62. The van der Waals surface area contributed by atoms with Gasteiger partial charge in [-0.3, -0.25) is 0 Å². The molecule has 0 aromatic heterocycles. The minimum Gasteiger partial charge on any atom is -0.478 e. The van der Waals surface area contributed by atoms with E-state index in [4.69, 9.17) is 14.6 Å². The summed E-state index contributed by atoms with van der Waals surface area (Å²) in [6, 6.07) is 0. The van der Waals surface area contributed by atoms with Gasteiger partial charge in [0.15, 0.2) is 0 Å². The molecule has 0 bridgehead atoms. The van der Waals surface area contributed by atoms with E-state index in [1.807, 2.05) is 0 Å². The quantitative estimate of drug-likeness (QED) is 0.476. The molecular weight excluding hydrogens is 148 g/mol. The third-order valence-electron chi connectivity index (χ3n) is 0.930. The number of ether oxygens (including phenoxy) is 2. The predicted molar refractivity (Wildman–Crippen MR) is 39.4 cm³/mol. The van der Waals surface area contributed by atoms with Crippen LogP contribution in [0, 0.1) is 0 Å². The highest BCUT2D eigenvalue weighted by molar-refractivity contribution is 5.78. The van der Waals surface area contributed by atoms with E-state index in [1.54, 1.807) is 7.11 Å². The van der Waals surface area contributed by atoms with Crippen molar-refractivity contribution in [1.82, 2.24) is 0 Å². The second-order valence-electron chi connectivity index (χ2n) is 1.95. The van der Waals surface area contributed by atoms with Gasteiger partial charge in [-0.25, -0.2) is 4.79 Å². The molecule has 1 rings (SSSR count). The summed E-state index contributed by atoms with van der Waals surface area (Å²) in [4.78, 5) is 9.25. The van der Waals surface area contributed by atoms with Crippen LogP contribution >= 0.6 is 0 Å². The van der Waals surface area contributed by atoms with Gasteiger partial charge in [-0.1, -0.05) is 6.58 Å². The van der Waals surface area contributed by atoms with Gasteiger partial charge < -0.3 is 14.6 Å². The lowest BCUT2D eigenvalue weighted by atomic mass is 10.5. The monoisotopic (exact) mass is 160 g/mol. The smallest absolute Gasteiger partial charge is 0.327 e. The fourth-order valence-electron chi connectivity index (χ4n) is 0.350. The number of hydrogen-bond donors (Lipinski definition) is 1. The number of epoxide rings is 1. The summed E-state index contributed by atoms with van der Waals surface area (Å²) in [5.41, 5.74) is 0. The van der Waals surface area contributed by atoms with Gasteiger partial charge in [0.1, 0.15) is 6.10 Å². The Kier molecular flexibility index (Phi) is 5.42. The molecular formula is C7H12O4. The molecule has 4 heteroatoms. The second-order valence-corrected chi connectivity index (χ2v) is 1.95. The van der Waals surface area contributed by atoms with Gasteiger partial charge in [0, 0.05) is 13.2 Å². The van der Waals surface area contributed by atoms with E-state index in [2.05, 4.69) is 6.58 Å². The molecule has 0 amide bonds. The van der Waals surface area contributed by atoms with Gasteiger partial charge in [0.2, 0.25) is 0 Å². The first-order valence-electron chi connectivity index (χ1n) is 3.16. The number of aliphatic carboxylic acids is 1. The lowest BCUT2D eigenvalue weighted by Crippen LogP contribution is -1.94. The molecule has 1 fully saturated rings. The molecule has 0 saturated carbocycles. The van der Waals surface area contributed by atoms with Crippen LogP contribution in [0.25, 0.3) is 0 Å². The third kappa shape index (κ3) is 9.13. The van der Waals surface area contributed by atoms with E-state index in [0.717, 1.165) is 19.3 Å². The van der Waals surface area contributed by atoms with Crippen LogP contribution in [0.5, 0.6) is 0 Å². The van der Waals surface area contributed by atoms with Crippen LogP contribution in [0.4, 0.5) is 0 Å². The van der Waals surface area contributed by atoms with Crippen LogP contribution in [0.2, 0.25) is 0 Å². The highest BCUT2D eigenvalue weighted by Gasteiger charge is 2.21. The number of rotatable bonds is 3. The number of hydrogen-bond acceptors (Lipinski definition) is 3. The fourth-order valence-corrected chi connectivity index (χ4v) is 0.350. The molecule has 1 aliphatic rings. The van der Waals surface area contributed by atoms with E-state index >= 15 is 0 Å². The molecule has 0 aromatic rings. The lowest BCUT2D eigenvalue weighted by molar-refractivity contribution is -0.131. The average molecular weight is 160 g/mol. The normalized spacial score (nSPS) is 19.5. The molecule has 4 nitrogen and oxygen atoms in total. The molecule has 1 saturated heterocycles. The summed E-state index contributed by atoms with van der Waals surface area (Å²) >= 11 is 0. The summed E-state index contributed by atoms with van der Waals surface area (Å²) in [5.74, 6) is -0.981. The van der Waals surface area contributed by atoms with E-state index in [9.17, 15) is 4.79 Å². The van der Waals surface area contributed by atoms with Crippen LogP contribution in [-0.2, 0) is 14.3 Å². The Hall–Kier alpha value is -0.870. The van der Waals surface area contributed by atoms with Crippen molar-refractivity contribution in [2.75, 3.05) is 20.3 Å². The highest BCUT2D eigenvalue weighted by Crippen LogP contribution is 2.06.